The van der Waals surface area contributed by atoms with E-state index >= 15 is 0 Å². The van der Waals surface area contributed by atoms with Gasteiger partial charge in [-0.3, -0.25) is 0 Å². The zero-order valence-corrected chi connectivity index (χ0v) is 12.2. The third-order valence-corrected chi connectivity index (χ3v) is 3.46. The van der Waals surface area contributed by atoms with Gasteiger partial charge in [-0.25, -0.2) is 4.79 Å². The lowest BCUT2D eigenvalue weighted by atomic mass is 10.1. The number of benzene rings is 1. The summed E-state index contributed by atoms with van der Waals surface area (Å²) in [5.74, 6) is -0.343. The Kier molecular flexibility index (Phi) is 4.79. The minimum absolute atomic E-state index is 0.343. The highest BCUT2D eigenvalue weighted by Crippen LogP contribution is 2.20. The second-order valence-electron chi connectivity index (χ2n) is 2.64. The largest absolute Gasteiger partial charge is 0.462 e. The van der Waals surface area contributed by atoms with E-state index in [1.165, 1.54) is 0 Å². The first-order valence-electron chi connectivity index (χ1n) is 4.16. The molecule has 0 aliphatic rings. The van der Waals surface area contributed by atoms with Gasteiger partial charge in [0.1, 0.15) is 6.07 Å². The van der Waals surface area contributed by atoms with Gasteiger partial charge in [-0.2, -0.15) is 5.26 Å². The lowest BCUT2D eigenvalue weighted by Gasteiger charge is -2.05. The summed E-state index contributed by atoms with van der Waals surface area (Å²) in [7, 11) is 0. The fourth-order valence-corrected chi connectivity index (χ4v) is 2.27. The maximum absolute atomic E-state index is 11.5. The van der Waals surface area contributed by atoms with Crippen LogP contribution in [0.15, 0.2) is 12.1 Å². The number of halogens is 2. The van der Waals surface area contributed by atoms with Gasteiger partial charge in [0.05, 0.1) is 17.7 Å². The first kappa shape index (κ1) is 12.7. The number of esters is 1. The number of hydrogen-bond acceptors (Lipinski definition) is 3. The van der Waals surface area contributed by atoms with E-state index in [4.69, 9.17) is 10.00 Å². The van der Waals surface area contributed by atoms with Gasteiger partial charge in [-0.05, 0) is 64.2 Å². The minimum atomic E-state index is -0.343. The Labute approximate surface area is 115 Å². The maximum atomic E-state index is 11.5. The van der Waals surface area contributed by atoms with Crippen LogP contribution in [0.3, 0.4) is 0 Å². The first-order chi connectivity index (χ1) is 7.10. The van der Waals surface area contributed by atoms with Gasteiger partial charge in [0, 0.05) is 7.14 Å². The summed E-state index contributed by atoms with van der Waals surface area (Å²) in [6, 6.07) is 5.44. The average molecular weight is 427 g/mol. The molecular formula is C10H7I2NO2. The van der Waals surface area contributed by atoms with Gasteiger partial charge in [0.2, 0.25) is 0 Å². The van der Waals surface area contributed by atoms with Gasteiger partial charge < -0.3 is 4.74 Å². The zero-order valence-electron chi connectivity index (χ0n) is 7.88. The summed E-state index contributed by atoms with van der Waals surface area (Å²) in [4.78, 5) is 11.5. The number of carbonyl (C=O) groups is 1. The van der Waals surface area contributed by atoms with E-state index in [1.807, 2.05) is 45.2 Å². The van der Waals surface area contributed by atoms with Crippen LogP contribution in [-0.2, 0) is 4.74 Å². The number of ether oxygens (including phenoxy) is 1. The molecule has 0 N–H and O–H groups in total. The molecule has 1 aromatic rings. The van der Waals surface area contributed by atoms with Crippen LogP contribution in [-0.4, -0.2) is 12.6 Å². The molecule has 0 bridgehead atoms. The molecule has 0 aliphatic heterocycles. The van der Waals surface area contributed by atoms with Crippen molar-refractivity contribution >= 4 is 51.2 Å². The Hall–Kier alpha value is -0.360. The molecule has 0 atom stereocenters. The molecule has 0 saturated heterocycles. The summed E-state index contributed by atoms with van der Waals surface area (Å²) >= 11 is 4.06. The predicted molar refractivity (Wildman–Crippen MR) is 72.5 cm³/mol. The van der Waals surface area contributed by atoms with E-state index < -0.39 is 0 Å². The molecule has 0 saturated carbocycles. The van der Waals surface area contributed by atoms with Crippen molar-refractivity contribution in [2.24, 2.45) is 0 Å². The molecule has 0 aliphatic carbocycles. The molecule has 0 aromatic heterocycles. The summed E-state index contributed by atoms with van der Waals surface area (Å²) in [5.41, 5.74) is 1.09. The quantitative estimate of drug-likeness (QED) is 0.539. The molecule has 0 spiro atoms. The Morgan fingerprint density at radius 1 is 1.47 bits per heavy atom. The van der Waals surface area contributed by atoms with Gasteiger partial charge in [-0.1, -0.05) is 0 Å². The predicted octanol–water partition coefficient (Wildman–Crippen LogP) is 2.94. The number of hydrogen-bond donors (Lipinski definition) is 0. The fraction of sp³-hybridized carbons (Fsp3) is 0.200. The van der Waals surface area contributed by atoms with E-state index in [1.54, 1.807) is 19.1 Å². The summed E-state index contributed by atoms with van der Waals surface area (Å²) in [5, 5.41) is 8.80. The highest BCUT2D eigenvalue weighted by molar-refractivity contribution is 14.1. The Morgan fingerprint density at radius 2 is 2.13 bits per heavy atom. The van der Waals surface area contributed by atoms with E-state index in [2.05, 4.69) is 6.07 Å². The van der Waals surface area contributed by atoms with Gasteiger partial charge in [0.25, 0.3) is 0 Å². The zero-order chi connectivity index (χ0) is 11.4. The highest BCUT2D eigenvalue weighted by Gasteiger charge is 2.13. The minimum Gasteiger partial charge on any atom is -0.462 e. The van der Waals surface area contributed by atoms with E-state index in [-0.39, 0.29) is 5.97 Å². The van der Waals surface area contributed by atoms with Crippen LogP contribution in [0.1, 0.15) is 22.8 Å². The van der Waals surface area contributed by atoms with Crippen LogP contribution in [0, 0.1) is 18.5 Å². The second-order valence-corrected chi connectivity index (χ2v) is 4.97. The van der Waals surface area contributed by atoms with Crippen LogP contribution < -0.4 is 0 Å². The molecule has 15 heavy (non-hydrogen) atoms. The van der Waals surface area contributed by atoms with Crippen molar-refractivity contribution in [1.29, 1.82) is 5.26 Å². The molecule has 0 fully saturated rings. The van der Waals surface area contributed by atoms with Crippen molar-refractivity contribution in [3.05, 3.63) is 30.4 Å². The summed E-state index contributed by atoms with van der Waals surface area (Å²) < 4.78 is 6.41. The monoisotopic (exact) mass is 427 g/mol. The Balaban J connectivity index is 3.17. The fourth-order valence-electron chi connectivity index (χ4n) is 0.998. The van der Waals surface area contributed by atoms with Gasteiger partial charge in [-0.15, -0.1) is 0 Å². The number of carbonyl (C=O) groups excluding carboxylic acids is 1. The highest BCUT2D eigenvalue weighted by atomic mass is 127. The third-order valence-electron chi connectivity index (χ3n) is 1.67. The average Bonchev–Trinajstić information content (AvgIpc) is 2.21. The van der Waals surface area contributed by atoms with Crippen LogP contribution in [0.4, 0.5) is 0 Å². The molecule has 0 radical (unpaired) electrons. The molecule has 5 heteroatoms. The van der Waals surface area contributed by atoms with Crippen LogP contribution in [0.5, 0.6) is 0 Å². The lowest BCUT2D eigenvalue weighted by molar-refractivity contribution is 0.0525. The maximum Gasteiger partial charge on any atom is 0.339 e. The Morgan fingerprint density at radius 3 is 2.67 bits per heavy atom. The molecule has 0 unspecified atom stereocenters. The van der Waals surface area contributed by atoms with Crippen LogP contribution in [0.2, 0.25) is 0 Å². The van der Waals surface area contributed by atoms with Crippen molar-refractivity contribution in [2.45, 2.75) is 6.92 Å². The Bertz CT molecular complexity index is 438. The van der Waals surface area contributed by atoms with E-state index in [9.17, 15) is 4.79 Å². The van der Waals surface area contributed by atoms with Crippen molar-refractivity contribution in [1.82, 2.24) is 0 Å². The molecule has 0 amide bonds. The number of nitrogens with zero attached hydrogens (tertiary/aromatic N) is 1. The van der Waals surface area contributed by atoms with E-state index in [0.717, 1.165) is 7.14 Å². The normalized spacial score (nSPS) is 9.47. The van der Waals surface area contributed by atoms with Crippen molar-refractivity contribution in [3.8, 4) is 6.07 Å². The number of rotatable bonds is 2. The van der Waals surface area contributed by atoms with Crippen LogP contribution in [0.25, 0.3) is 0 Å². The van der Waals surface area contributed by atoms with Gasteiger partial charge in [0.15, 0.2) is 0 Å². The van der Waals surface area contributed by atoms with Crippen molar-refractivity contribution in [3.63, 3.8) is 0 Å². The molecule has 0 heterocycles. The topological polar surface area (TPSA) is 50.1 Å². The van der Waals surface area contributed by atoms with Crippen LogP contribution >= 0.6 is 45.2 Å². The summed E-state index contributed by atoms with van der Waals surface area (Å²) in [6.07, 6.45) is 0. The molecule has 78 valence electrons. The van der Waals surface area contributed by atoms with Crippen molar-refractivity contribution < 1.29 is 9.53 Å². The molecule has 1 rings (SSSR count). The molecular weight excluding hydrogens is 420 g/mol. The standard InChI is InChI=1S/C10H7I2NO2/c1-2-15-10(14)7-4-8(11)6(5-13)3-9(7)12/h3-4H,2H2,1H3. The van der Waals surface area contributed by atoms with E-state index in [0.29, 0.717) is 17.7 Å². The first-order valence-corrected chi connectivity index (χ1v) is 6.32. The number of nitriles is 1. The smallest absolute Gasteiger partial charge is 0.339 e. The van der Waals surface area contributed by atoms with Crippen molar-refractivity contribution in [2.75, 3.05) is 6.61 Å². The molecule has 1 aromatic carbocycles. The summed E-state index contributed by atoms with van der Waals surface area (Å²) in [6.45, 7) is 2.12. The lowest BCUT2D eigenvalue weighted by Crippen LogP contribution is -2.07. The second kappa shape index (κ2) is 5.65. The SMILES string of the molecule is CCOC(=O)c1cc(I)c(C#N)cc1I. The third kappa shape index (κ3) is 3.04. The molecule has 3 nitrogen and oxygen atoms in total. The van der Waals surface area contributed by atoms with Gasteiger partial charge >= 0.3 is 5.97 Å².